The van der Waals surface area contributed by atoms with Crippen LogP contribution in [-0.2, 0) is 6.42 Å². The van der Waals surface area contributed by atoms with Crippen molar-refractivity contribution in [3.05, 3.63) is 10.7 Å². The summed E-state index contributed by atoms with van der Waals surface area (Å²) in [6, 6.07) is 0. The average Bonchev–Trinajstić information content (AvgIpc) is 2.36. The molecule has 1 aromatic heterocycles. The van der Waals surface area contributed by atoms with Gasteiger partial charge >= 0.3 is 0 Å². The van der Waals surface area contributed by atoms with Crippen molar-refractivity contribution >= 4 is 24.0 Å². The molecule has 68 valence electrons. The summed E-state index contributed by atoms with van der Waals surface area (Å²) in [5.74, 6) is 0.374. The first kappa shape index (κ1) is 9.66. The molecule has 0 saturated heterocycles. The van der Waals surface area contributed by atoms with Crippen LogP contribution in [-0.4, -0.2) is 28.0 Å². The fourth-order valence-electron chi connectivity index (χ4n) is 0.711. The lowest BCUT2D eigenvalue weighted by molar-refractivity contribution is 0.169. The van der Waals surface area contributed by atoms with Crippen LogP contribution in [0.25, 0.3) is 0 Å². The molecule has 1 heterocycles. The van der Waals surface area contributed by atoms with E-state index in [0.717, 1.165) is 0 Å². The summed E-state index contributed by atoms with van der Waals surface area (Å²) in [5, 5.41) is 15.4. The lowest BCUT2D eigenvalue weighted by Crippen LogP contribution is -2.22. The van der Waals surface area contributed by atoms with Gasteiger partial charge in [0, 0.05) is 6.54 Å². The Labute approximate surface area is 78.8 Å². The molecule has 0 spiro atoms. The van der Waals surface area contributed by atoms with E-state index in [9.17, 15) is 5.11 Å². The molecule has 0 fully saturated rings. The molecule has 0 aliphatic heterocycles. The minimum absolute atomic E-state index is 0.205. The van der Waals surface area contributed by atoms with E-state index in [4.69, 9.17) is 16.2 Å². The Bertz CT molecular complexity index is 286. The van der Waals surface area contributed by atoms with Crippen molar-refractivity contribution in [1.29, 1.82) is 0 Å². The molecule has 5 nitrogen and oxygen atoms in total. The number of aliphatic hydroxyl groups is 1. The fourth-order valence-corrected chi connectivity index (χ4v) is 1.03. The highest BCUT2D eigenvalue weighted by Gasteiger charge is 2.08. The molecular formula is C5H8ClN3O2S. The van der Waals surface area contributed by atoms with Crippen molar-refractivity contribution in [3.8, 4) is 0 Å². The van der Waals surface area contributed by atoms with Gasteiger partial charge in [0.05, 0.1) is 12.5 Å². The van der Waals surface area contributed by atoms with Gasteiger partial charge in [-0.15, -0.1) is 5.10 Å². The number of nitrogens with zero attached hydrogens (tertiary/aromatic N) is 1. The number of aromatic amines is 1. The van der Waals surface area contributed by atoms with Crippen LogP contribution >= 0.6 is 24.0 Å². The van der Waals surface area contributed by atoms with Gasteiger partial charge in [0.2, 0.25) is 5.89 Å². The Balaban J connectivity index is 2.46. The Morgan fingerprint density at radius 3 is 3.08 bits per heavy atom. The van der Waals surface area contributed by atoms with E-state index in [1.807, 2.05) is 0 Å². The molecule has 1 atom stereocenters. The van der Waals surface area contributed by atoms with E-state index in [1.54, 1.807) is 0 Å². The molecule has 3 N–H and O–H groups in total. The molecule has 12 heavy (non-hydrogen) atoms. The summed E-state index contributed by atoms with van der Waals surface area (Å²) >= 11 is 9.82. The number of nitrogens with one attached hydrogen (secondary N) is 2. The molecule has 0 amide bonds. The van der Waals surface area contributed by atoms with Crippen LogP contribution in [0.1, 0.15) is 5.89 Å². The highest BCUT2D eigenvalue weighted by Crippen LogP contribution is 1.99. The van der Waals surface area contributed by atoms with Gasteiger partial charge in [-0.1, -0.05) is 0 Å². The largest absolute Gasteiger partial charge is 0.414 e. The van der Waals surface area contributed by atoms with Crippen LogP contribution < -0.4 is 4.84 Å². The lowest BCUT2D eigenvalue weighted by atomic mass is 10.2. The van der Waals surface area contributed by atoms with Crippen LogP contribution in [0.2, 0.25) is 0 Å². The molecule has 0 radical (unpaired) electrons. The molecule has 0 saturated carbocycles. The van der Waals surface area contributed by atoms with Crippen molar-refractivity contribution in [2.45, 2.75) is 12.5 Å². The average molecular weight is 210 g/mol. The normalized spacial score (nSPS) is 13.2. The first-order valence-electron chi connectivity index (χ1n) is 3.28. The zero-order chi connectivity index (χ0) is 8.97. The van der Waals surface area contributed by atoms with Gasteiger partial charge in [-0.3, -0.25) is 0 Å². The summed E-state index contributed by atoms with van der Waals surface area (Å²) in [7, 11) is 0. The Morgan fingerprint density at radius 1 is 1.83 bits per heavy atom. The van der Waals surface area contributed by atoms with E-state index in [0.29, 0.717) is 5.89 Å². The third-order valence-electron chi connectivity index (χ3n) is 1.21. The van der Waals surface area contributed by atoms with Crippen LogP contribution in [0.5, 0.6) is 0 Å². The molecule has 0 bridgehead atoms. The second-order valence-electron chi connectivity index (χ2n) is 2.20. The maximum Gasteiger partial charge on any atom is 0.284 e. The van der Waals surface area contributed by atoms with Crippen LogP contribution in [0.3, 0.4) is 0 Å². The molecule has 1 unspecified atom stereocenters. The molecule has 0 aromatic carbocycles. The maximum absolute atomic E-state index is 9.22. The van der Waals surface area contributed by atoms with Gasteiger partial charge in [0.15, 0.2) is 0 Å². The van der Waals surface area contributed by atoms with Gasteiger partial charge in [-0.05, 0) is 24.0 Å². The number of hydrogen-bond donors (Lipinski definition) is 3. The van der Waals surface area contributed by atoms with Crippen LogP contribution in [0.4, 0.5) is 0 Å². The third-order valence-corrected chi connectivity index (χ3v) is 1.53. The number of rotatable bonds is 4. The van der Waals surface area contributed by atoms with Gasteiger partial charge in [0.1, 0.15) is 0 Å². The highest BCUT2D eigenvalue weighted by molar-refractivity contribution is 7.71. The first-order chi connectivity index (χ1) is 5.72. The summed E-state index contributed by atoms with van der Waals surface area (Å²) in [6.45, 7) is 0.275. The number of aliphatic hydroxyl groups excluding tert-OH is 1. The Hall–Kier alpha value is -0.430. The van der Waals surface area contributed by atoms with Crippen molar-refractivity contribution in [2.24, 2.45) is 0 Å². The third kappa shape index (κ3) is 2.90. The van der Waals surface area contributed by atoms with E-state index in [1.165, 1.54) is 0 Å². The number of aromatic nitrogens is 2. The van der Waals surface area contributed by atoms with E-state index in [2.05, 4.69) is 27.3 Å². The van der Waals surface area contributed by atoms with Gasteiger partial charge in [0.25, 0.3) is 4.84 Å². The smallest absolute Gasteiger partial charge is 0.284 e. The topological polar surface area (TPSA) is 74.1 Å². The summed E-state index contributed by atoms with van der Waals surface area (Å²) in [6.07, 6.45) is -0.337. The van der Waals surface area contributed by atoms with E-state index < -0.39 is 6.10 Å². The SMILES string of the molecule is OC(CNCl)Cc1n[nH]c(=S)o1. The van der Waals surface area contributed by atoms with Crippen LogP contribution in [0.15, 0.2) is 4.42 Å². The Kier molecular flexibility index (Phi) is 3.67. The summed E-state index contributed by atoms with van der Waals surface area (Å²) in [4.78, 5) is 2.52. The standard InChI is InChI=1S/C5H8ClN3O2S/c6-7-2-3(10)1-4-8-9-5(12)11-4/h3,7,10H,1-2H2,(H,9,12). The van der Waals surface area contributed by atoms with Crippen molar-refractivity contribution in [2.75, 3.05) is 6.54 Å². The monoisotopic (exact) mass is 209 g/mol. The number of halogens is 1. The molecule has 1 aromatic rings. The maximum atomic E-state index is 9.22. The zero-order valence-electron chi connectivity index (χ0n) is 6.08. The quantitative estimate of drug-likeness (QED) is 0.494. The second kappa shape index (κ2) is 4.56. The molecule has 1 rings (SSSR count). The zero-order valence-corrected chi connectivity index (χ0v) is 7.65. The summed E-state index contributed by atoms with van der Waals surface area (Å²) in [5.41, 5.74) is 0. The van der Waals surface area contributed by atoms with E-state index in [-0.39, 0.29) is 17.8 Å². The molecule has 7 heteroatoms. The Morgan fingerprint density at radius 2 is 2.58 bits per heavy atom. The van der Waals surface area contributed by atoms with Gasteiger partial charge in [-0.25, -0.2) is 9.93 Å². The second-order valence-corrected chi connectivity index (χ2v) is 2.84. The molecule has 0 aliphatic carbocycles. The highest BCUT2D eigenvalue weighted by atomic mass is 35.5. The van der Waals surface area contributed by atoms with Crippen molar-refractivity contribution in [3.63, 3.8) is 0 Å². The van der Waals surface area contributed by atoms with Crippen molar-refractivity contribution in [1.82, 2.24) is 15.0 Å². The molecule has 0 aliphatic rings. The minimum atomic E-state index is -0.621. The summed E-state index contributed by atoms with van der Waals surface area (Å²) < 4.78 is 4.92. The predicted molar refractivity (Wildman–Crippen MR) is 45.3 cm³/mol. The molecular weight excluding hydrogens is 202 g/mol. The number of hydrogen-bond acceptors (Lipinski definition) is 5. The van der Waals surface area contributed by atoms with Gasteiger partial charge < -0.3 is 9.52 Å². The van der Waals surface area contributed by atoms with Crippen LogP contribution in [0, 0.1) is 4.84 Å². The van der Waals surface area contributed by atoms with E-state index >= 15 is 0 Å². The van der Waals surface area contributed by atoms with Gasteiger partial charge in [-0.2, -0.15) is 0 Å². The number of H-pyrrole nitrogens is 1. The first-order valence-corrected chi connectivity index (χ1v) is 4.07. The minimum Gasteiger partial charge on any atom is -0.414 e. The predicted octanol–water partition coefficient (Wildman–Crippen LogP) is 0.379. The van der Waals surface area contributed by atoms with Crippen molar-refractivity contribution < 1.29 is 9.52 Å². The lowest BCUT2D eigenvalue weighted by Gasteiger charge is -2.03. The fraction of sp³-hybridized carbons (Fsp3) is 0.600.